The summed E-state index contributed by atoms with van der Waals surface area (Å²) in [5.41, 5.74) is 2.96. The summed E-state index contributed by atoms with van der Waals surface area (Å²) >= 11 is 0. The van der Waals surface area contributed by atoms with Gasteiger partial charge in [-0.05, 0) is 29.7 Å². The normalized spacial score (nSPS) is 13.6. The van der Waals surface area contributed by atoms with Crippen LogP contribution in [0.5, 0.6) is 0 Å². The summed E-state index contributed by atoms with van der Waals surface area (Å²) in [6, 6.07) is 12.7. The van der Waals surface area contributed by atoms with Crippen LogP contribution in [-0.2, 0) is 29.1 Å². The van der Waals surface area contributed by atoms with E-state index < -0.39 is 11.9 Å². The Morgan fingerprint density at radius 2 is 1.73 bits per heavy atom. The lowest BCUT2D eigenvalue weighted by atomic mass is 10.00. The predicted molar refractivity (Wildman–Crippen MR) is 78.2 cm³/mol. The fraction of sp³-hybridized carbons (Fsp3) is 0.250. The van der Waals surface area contributed by atoms with E-state index in [1.165, 1.54) is 11.1 Å². The molecule has 0 aliphatic carbocycles. The lowest BCUT2D eigenvalue weighted by molar-refractivity contribution is -0.159. The fourth-order valence-corrected chi connectivity index (χ4v) is 2.31. The van der Waals surface area contributed by atoms with Gasteiger partial charge in [-0.25, -0.2) is 9.59 Å². The van der Waals surface area contributed by atoms with Crippen LogP contribution in [0.4, 0.5) is 0 Å². The molecule has 0 fully saturated rings. The van der Waals surface area contributed by atoms with Gasteiger partial charge in [-0.2, -0.15) is 0 Å². The van der Waals surface area contributed by atoms with E-state index >= 15 is 0 Å². The molecular formula is C16H17NO5. The highest BCUT2D eigenvalue weighted by Crippen LogP contribution is 2.20. The molecule has 3 rings (SSSR count). The zero-order valence-corrected chi connectivity index (χ0v) is 11.9. The van der Waals surface area contributed by atoms with Crippen molar-refractivity contribution in [3.8, 4) is 0 Å². The number of nitrogens with zero attached hydrogens (tertiary/aromatic N) is 1. The molecular weight excluding hydrogens is 286 g/mol. The van der Waals surface area contributed by atoms with Crippen LogP contribution >= 0.6 is 0 Å². The van der Waals surface area contributed by atoms with Gasteiger partial charge in [0.2, 0.25) is 0 Å². The molecule has 6 heteroatoms. The highest BCUT2D eigenvalue weighted by Gasteiger charge is 2.16. The summed E-state index contributed by atoms with van der Waals surface area (Å²) < 4.78 is 5.38. The highest BCUT2D eigenvalue weighted by molar-refractivity contribution is 6.27. The summed E-state index contributed by atoms with van der Waals surface area (Å²) in [6.07, 6.45) is 2.89. The van der Waals surface area contributed by atoms with E-state index in [9.17, 15) is 0 Å². The third-order valence-corrected chi connectivity index (χ3v) is 3.35. The van der Waals surface area contributed by atoms with Crippen LogP contribution in [0.15, 0.2) is 47.1 Å². The van der Waals surface area contributed by atoms with Crippen molar-refractivity contribution in [1.82, 2.24) is 4.90 Å². The third kappa shape index (κ3) is 4.46. The van der Waals surface area contributed by atoms with Crippen molar-refractivity contribution in [2.75, 3.05) is 6.54 Å². The number of fused-ring (bicyclic) bond motifs is 1. The first-order chi connectivity index (χ1) is 10.6. The summed E-state index contributed by atoms with van der Waals surface area (Å²) in [5.74, 6) is -2.59. The van der Waals surface area contributed by atoms with Gasteiger partial charge in [0.25, 0.3) is 0 Å². The number of carbonyl (C=O) groups is 2. The van der Waals surface area contributed by atoms with Crippen LogP contribution in [-0.4, -0.2) is 33.6 Å². The van der Waals surface area contributed by atoms with E-state index in [1.807, 2.05) is 12.1 Å². The second-order valence-corrected chi connectivity index (χ2v) is 4.92. The number of hydrogen-bond acceptors (Lipinski definition) is 4. The summed E-state index contributed by atoms with van der Waals surface area (Å²) in [5, 5.41) is 14.8. The fourth-order valence-electron chi connectivity index (χ4n) is 2.31. The average Bonchev–Trinajstić information content (AvgIpc) is 3.00. The predicted octanol–water partition coefficient (Wildman–Crippen LogP) is 1.99. The summed E-state index contributed by atoms with van der Waals surface area (Å²) in [4.78, 5) is 20.6. The van der Waals surface area contributed by atoms with Gasteiger partial charge in [0.1, 0.15) is 5.76 Å². The second-order valence-electron chi connectivity index (χ2n) is 4.92. The van der Waals surface area contributed by atoms with Crippen LogP contribution in [0.25, 0.3) is 0 Å². The highest BCUT2D eigenvalue weighted by atomic mass is 16.4. The first kappa shape index (κ1) is 15.8. The minimum Gasteiger partial charge on any atom is -0.473 e. The maximum Gasteiger partial charge on any atom is 0.414 e. The Morgan fingerprint density at radius 3 is 2.32 bits per heavy atom. The lowest BCUT2D eigenvalue weighted by Gasteiger charge is -2.27. The first-order valence-electron chi connectivity index (χ1n) is 6.84. The van der Waals surface area contributed by atoms with Crippen LogP contribution in [0, 0.1) is 0 Å². The monoisotopic (exact) mass is 303 g/mol. The molecule has 0 bridgehead atoms. The topological polar surface area (TPSA) is 91.0 Å². The SMILES string of the molecule is O=C(O)C(=O)O.c1coc(CN2CCc3ccccc3C2)c1. The van der Waals surface area contributed by atoms with Gasteiger partial charge in [-0.15, -0.1) is 0 Å². The van der Waals surface area contributed by atoms with Crippen molar-refractivity contribution in [3.63, 3.8) is 0 Å². The van der Waals surface area contributed by atoms with E-state index in [2.05, 4.69) is 29.2 Å². The van der Waals surface area contributed by atoms with Gasteiger partial charge >= 0.3 is 11.9 Å². The van der Waals surface area contributed by atoms with E-state index in [0.29, 0.717) is 0 Å². The maximum atomic E-state index is 9.10. The van der Waals surface area contributed by atoms with E-state index in [-0.39, 0.29) is 0 Å². The molecule has 1 aliphatic rings. The number of carboxylic acid groups (broad SMARTS) is 2. The van der Waals surface area contributed by atoms with Gasteiger partial charge in [0.05, 0.1) is 12.8 Å². The molecule has 0 saturated carbocycles. The molecule has 0 spiro atoms. The zero-order chi connectivity index (χ0) is 15.9. The van der Waals surface area contributed by atoms with Crippen molar-refractivity contribution in [3.05, 3.63) is 59.5 Å². The zero-order valence-electron chi connectivity index (χ0n) is 11.9. The maximum absolute atomic E-state index is 9.10. The number of aliphatic carboxylic acids is 2. The minimum absolute atomic E-state index is 0.918. The number of benzene rings is 1. The molecule has 0 atom stereocenters. The Bertz CT molecular complexity index is 624. The van der Waals surface area contributed by atoms with Crippen molar-refractivity contribution >= 4 is 11.9 Å². The van der Waals surface area contributed by atoms with Gasteiger partial charge in [0, 0.05) is 13.1 Å². The molecule has 1 aliphatic heterocycles. The molecule has 1 aromatic heterocycles. The molecule has 6 nitrogen and oxygen atoms in total. The average molecular weight is 303 g/mol. The van der Waals surface area contributed by atoms with Crippen molar-refractivity contribution in [1.29, 1.82) is 0 Å². The molecule has 2 heterocycles. The van der Waals surface area contributed by atoms with Crippen LogP contribution in [0.2, 0.25) is 0 Å². The van der Waals surface area contributed by atoms with Gasteiger partial charge in [0.15, 0.2) is 0 Å². The molecule has 0 radical (unpaired) electrons. The Kier molecular flexibility index (Phi) is 5.32. The largest absolute Gasteiger partial charge is 0.473 e. The van der Waals surface area contributed by atoms with Crippen molar-refractivity contribution in [2.45, 2.75) is 19.5 Å². The standard InChI is InChI=1S/C14H15NO.C2H2O4/c1-2-5-13-10-15(8-7-12(13)4-1)11-14-6-3-9-16-14;3-1(4)2(5)6/h1-6,9H,7-8,10-11H2;(H,3,4)(H,5,6). The molecule has 2 aromatic rings. The second kappa shape index (κ2) is 7.42. The number of carboxylic acids is 2. The van der Waals surface area contributed by atoms with E-state index in [0.717, 1.165) is 31.8 Å². The molecule has 22 heavy (non-hydrogen) atoms. The Labute approximate surface area is 127 Å². The van der Waals surface area contributed by atoms with Crippen molar-refractivity contribution < 1.29 is 24.2 Å². The number of hydrogen-bond donors (Lipinski definition) is 2. The molecule has 116 valence electrons. The van der Waals surface area contributed by atoms with Gasteiger partial charge < -0.3 is 14.6 Å². The third-order valence-electron chi connectivity index (χ3n) is 3.35. The lowest BCUT2D eigenvalue weighted by Crippen LogP contribution is -2.29. The quantitative estimate of drug-likeness (QED) is 0.825. The van der Waals surface area contributed by atoms with Crippen LogP contribution in [0.1, 0.15) is 16.9 Å². The molecule has 0 amide bonds. The molecule has 0 saturated heterocycles. The number of furan rings is 1. The summed E-state index contributed by atoms with van der Waals surface area (Å²) in [7, 11) is 0. The van der Waals surface area contributed by atoms with Gasteiger partial charge in [-0.3, -0.25) is 4.90 Å². The smallest absolute Gasteiger partial charge is 0.414 e. The molecule has 1 aromatic carbocycles. The first-order valence-corrected chi connectivity index (χ1v) is 6.84. The van der Waals surface area contributed by atoms with E-state index in [4.69, 9.17) is 24.2 Å². The Morgan fingerprint density at radius 1 is 1.05 bits per heavy atom. The molecule has 0 unspecified atom stereocenters. The minimum atomic E-state index is -1.82. The van der Waals surface area contributed by atoms with E-state index in [1.54, 1.807) is 6.26 Å². The Hall–Kier alpha value is -2.60. The van der Waals surface area contributed by atoms with Crippen molar-refractivity contribution in [2.24, 2.45) is 0 Å². The summed E-state index contributed by atoms with van der Waals surface area (Å²) in [6.45, 7) is 3.08. The Balaban J connectivity index is 0.000000254. The molecule has 2 N–H and O–H groups in total. The van der Waals surface area contributed by atoms with Crippen LogP contribution in [0.3, 0.4) is 0 Å². The van der Waals surface area contributed by atoms with Gasteiger partial charge in [-0.1, -0.05) is 24.3 Å². The van der Waals surface area contributed by atoms with Crippen LogP contribution < -0.4 is 0 Å². The number of rotatable bonds is 2.